The predicted octanol–water partition coefficient (Wildman–Crippen LogP) is 0.916. The molecule has 0 aliphatic heterocycles. The molecule has 0 spiro atoms. The maximum absolute atomic E-state index is 12.7. The molecular weight excluding hydrogens is 1110 g/mol. The van der Waals surface area contributed by atoms with E-state index in [4.69, 9.17) is 0 Å². The van der Waals surface area contributed by atoms with Crippen molar-refractivity contribution in [3.05, 3.63) is 137 Å². The molecule has 1 radical (unpaired) electrons. The number of non-ortho nitro benzene ring substituents is 2. The molecule has 0 bridgehead atoms. The number of hydrogen-bond donors (Lipinski definition) is 2. The average molecular weight is 1130 g/mol. The summed E-state index contributed by atoms with van der Waals surface area (Å²) in [5.41, 5.74) is -7.10. The molecule has 0 atom stereocenters. The standard InChI is InChI=1S/2C19H14N6O10S.Cr.2Na/c2*1-9-6-11(36(33,34)35)2-3-12(9)20-23-17-16(26)5-4-13(19(17)28)21-22-14-7-10(24(29)30)8-15(18(14)27)25(31)32;;;/h2*2-8,26-28H,1H3,(H,33,34,35);;;/q;;+3;2*+1/p-5. The van der Waals surface area contributed by atoms with Gasteiger partial charge in [0.1, 0.15) is 43.1 Å². The Morgan fingerprint density at radius 3 is 1.00 bits per heavy atom. The van der Waals surface area contributed by atoms with E-state index in [1.165, 1.54) is 13.8 Å². The number of aryl methyl sites for hydroxylation is 2. The third-order valence-electron chi connectivity index (χ3n) is 9.02. The number of phenolic OH excluding ortho intramolecular Hbond substituents is 2. The molecule has 75 heavy (non-hydrogen) atoms. The minimum atomic E-state index is -4.71. The number of nitrogens with zero attached hydrogens (tertiary/aromatic N) is 12. The zero-order valence-corrected chi connectivity index (χ0v) is 44.8. The van der Waals surface area contributed by atoms with Crippen molar-refractivity contribution in [2.75, 3.05) is 0 Å². The summed E-state index contributed by atoms with van der Waals surface area (Å²) < 4.78 is 66.6. The van der Waals surface area contributed by atoms with Crippen LogP contribution in [0.1, 0.15) is 12.6 Å². The molecule has 0 saturated carbocycles. The molecule has 6 rings (SSSR count). The van der Waals surface area contributed by atoms with Crippen molar-refractivity contribution in [1.82, 2.24) is 0 Å². The molecule has 37 heteroatoms. The van der Waals surface area contributed by atoms with Crippen molar-refractivity contribution in [1.29, 1.82) is 0 Å². The minimum Gasteiger partial charge on any atom is -0.869 e. The van der Waals surface area contributed by atoms with Crippen molar-refractivity contribution in [2.45, 2.75) is 23.6 Å². The number of aromatic hydroxyl groups is 2. The van der Waals surface area contributed by atoms with Gasteiger partial charge in [0, 0.05) is 23.6 Å². The number of nitro benzene ring substituents is 4. The van der Waals surface area contributed by atoms with E-state index in [1.54, 1.807) is 0 Å². The topological polar surface area (TPSA) is 519 Å². The Morgan fingerprint density at radius 1 is 0.427 bits per heavy atom. The van der Waals surface area contributed by atoms with Crippen LogP contribution >= 0.6 is 0 Å². The zero-order valence-electron chi connectivity index (χ0n) is 38.9. The van der Waals surface area contributed by atoms with E-state index in [0.717, 1.165) is 60.7 Å². The van der Waals surface area contributed by atoms with Crippen LogP contribution in [0.15, 0.2) is 136 Å². The van der Waals surface area contributed by atoms with E-state index in [1.807, 2.05) is 0 Å². The molecule has 0 fully saturated rings. The summed E-state index contributed by atoms with van der Waals surface area (Å²) in [6, 6.07) is 12.5. The number of nitro groups is 4. The maximum atomic E-state index is 12.7. The molecule has 6 aromatic carbocycles. The van der Waals surface area contributed by atoms with Crippen LogP contribution < -0.4 is 79.5 Å². The summed E-state index contributed by atoms with van der Waals surface area (Å²) in [6.07, 6.45) is 0. The van der Waals surface area contributed by atoms with Gasteiger partial charge in [-0.3, -0.25) is 40.5 Å². The van der Waals surface area contributed by atoms with Crippen molar-refractivity contribution in [3.63, 3.8) is 0 Å². The molecule has 0 unspecified atom stereocenters. The van der Waals surface area contributed by atoms with Crippen molar-refractivity contribution < 1.29 is 154 Å². The zero-order chi connectivity index (χ0) is 53.6. The Hall–Kier alpha value is -7.53. The second kappa shape index (κ2) is 26.1. The van der Waals surface area contributed by atoms with Crippen LogP contribution in [-0.4, -0.2) is 55.8 Å². The molecule has 0 saturated heterocycles. The second-order valence-corrected chi connectivity index (χ2v) is 16.6. The molecular formula is C38H23CrN12Na2O20S2. The quantitative estimate of drug-likeness (QED) is 0.0503. The summed E-state index contributed by atoms with van der Waals surface area (Å²) >= 11 is 0. The van der Waals surface area contributed by atoms with Gasteiger partial charge in [0.15, 0.2) is 0 Å². The monoisotopic (exact) mass is 1130 g/mol. The molecule has 0 aromatic heterocycles. The van der Waals surface area contributed by atoms with Crippen LogP contribution in [-0.2, 0) is 37.6 Å². The van der Waals surface area contributed by atoms with Gasteiger partial charge in [-0.2, -0.15) is 30.7 Å². The number of benzene rings is 6. The summed E-state index contributed by atoms with van der Waals surface area (Å²) in [7, 11) is -9.42. The normalized spacial score (nSPS) is 11.4. The van der Waals surface area contributed by atoms with E-state index in [2.05, 4.69) is 40.9 Å². The van der Waals surface area contributed by atoms with Crippen LogP contribution in [0.2, 0.25) is 0 Å². The second-order valence-electron chi connectivity index (χ2n) is 13.8. The van der Waals surface area contributed by atoms with E-state index in [0.29, 0.717) is 24.3 Å². The van der Waals surface area contributed by atoms with Gasteiger partial charge in [-0.05, 0) is 97.1 Å². The first kappa shape index (κ1) is 63.6. The van der Waals surface area contributed by atoms with Crippen molar-refractivity contribution in [2.24, 2.45) is 40.9 Å². The Morgan fingerprint density at radius 2 is 0.720 bits per heavy atom. The fourth-order valence-electron chi connectivity index (χ4n) is 5.46. The number of azo groups is 4. The van der Waals surface area contributed by atoms with Crippen molar-refractivity contribution in [3.8, 4) is 34.5 Å². The predicted molar refractivity (Wildman–Crippen MR) is 230 cm³/mol. The summed E-state index contributed by atoms with van der Waals surface area (Å²) in [4.78, 5) is 38.8. The smallest absolute Gasteiger partial charge is 0.869 e. The van der Waals surface area contributed by atoms with Gasteiger partial charge in [0.05, 0.1) is 75.7 Å². The number of hydrogen-bond acceptors (Lipinski definition) is 28. The number of phenols is 2. The molecule has 0 aliphatic rings. The molecule has 2 N–H and O–H groups in total. The van der Waals surface area contributed by atoms with Crippen LogP contribution in [0.25, 0.3) is 0 Å². The van der Waals surface area contributed by atoms with Crippen LogP contribution in [0.4, 0.5) is 68.2 Å². The van der Waals surface area contributed by atoms with Gasteiger partial charge in [0.25, 0.3) is 22.7 Å². The SMILES string of the molecule is Cc1cc(S(=O)(=O)[O-])ccc1N=Nc1c(O)ccc(N=Nc2cc([N+](=O)[O-])cc([N+](=O)[O-])c2[O-])c1[O-].Cc1cc(S(=O)(=O)[O-])ccc1N=Nc1c(O)ccc(N=Nc2cc([N+](=O)[O-])cc([N+](=O)[O-])c2[O-])c1[O-].[Cr+3].[H+].[Na+].[Na+]. The Kier molecular flexibility index (Phi) is 22.1. The molecule has 32 nitrogen and oxygen atoms in total. The van der Waals surface area contributed by atoms with E-state index in [-0.39, 0.29) is 100 Å². The average Bonchev–Trinajstić information content (AvgIpc) is 3.29. The summed E-state index contributed by atoms with van der Waals surface area (Å²) in [5, 5.41) is 142. The van der Waals surface area contributed by atoms with Crippen molar-refractivity contribution >= 4 is 88.5 Å². The van der Waals surface area contributed by atoms with E-state index >= 15 is 0 Å². The summed E-state index contributed by atoms with van der Waals surface area (Å²) in [6.45, 7) is 2.84. The van der Waals surface area contributed by atoms with Gasteiger partial charge in [-0.15, -0.1) is 10.2 Å². The first-order valence-corrected chi connectivity index (χ1v) is 21.5. The third-order valence-corrected chi connectivity index (χ3v) is 10.7. The maximum Gasteiger partial charge on any atom is 3.00 e. The van der Waals surface area contributed by atoms with Gasteiger partial charge in [-0.1, -0.05) is 0 Å². The molecule has 375 valence electrons. The minimum absolute atomic E-state index is 0. The van der Waals surface area contributed by atoms with Gasteiger partial charge >= 0.3 is 77.9 Å². The number of rotatable bonds is 14. The Balaban J connectivity index is 0.000000722. The summed E-state index contributed by atoms with van der Waals surface area (Å²) in [5.74, 6) is -5.89. The van der Waals surface area contributed by atoms with Gasteiger partial charge in [-0.25, -0.2) is 16.8 Å². The first-order valence-electron chi connectivity index (χ1n) is 18.7. The van der Waals surface area contributed by atoms with E-state index < -0.39 is 141 Å². The molecule has 0 heterocycles. The Labute approximate surface area is 474 Å². The van der Waals surface area contributed by atoms with E-state index in [9.17, 15) is 97.0 Å². The molecule has 6 aromatic rings. The fourth-order valence-corrected chi connectivity index (χ4v) is 6.58. The Bertz CT molecular complexity index is 3400. The van der Waals surface area contributed by atoms with Crippen LogP contribution in [0, 0.1) is 54.3 Å². The van der Waals surface area contributed by atoms with Crippen LogP contribution in [0.3, 0.4) is 0 Å². The molecule has 0 amide bonds. The van der Waals surface area contributed by atoms with Gasteiger partial charge < -0.3 is 39.7 Å². The largest absolute Gasteiger partial charge is 3.00 e. The third kappa shape index (κ3) is 15.7. The fraction of sp³-hybridized carbons (Fsp3) is 0.0526. The molecule has 0 aliphatic carbocycles. The first-order chi connectivity index (χ1) is 33.6. The van der Waals surface area contributed by atoms with Gasteiger partial charge in [0.2, 0.25) is 0 Å². The van der Waals surface area contributed by atoms with Crippen LogP contribution in [0.5, 0.6) is 34.5 Å².